The van der Waals surface area contributed by atoms with Gasteiger partial charge in [0.25, 0.3) is 5.91 Å². The second-order valence-corrected chi connectivity index (χ2v) is 5.80. The monoisotopic (exact) mass is 289 g/mol. The van der Waals surface area contributed by atoms with Crippen LogP contribution in [0.15, 0.2) is 18.2 Å². The topological polar surface area (TPSA) is 74.2 Å². The van der Waals surface area contributed by atoms with Crippen LogP contribution in [0.2, 0.25) is 0 Å². The normalized spacial score (nSPS) is 13.8. The number of benzene rings is 1. The molecule has 3 rings (SSSR count). The Balaban J connectivity index is 1.82. The van der Waals surface area contributed by atoms with E-state index in [2.05, 4.69) is 15.6 Å². The fraction of sp³-hybridized carbons (Fsp3) is 0.286. The number of hydrogen-bond donors (Lipinski definition) is 3. The van der Waals surface area contributed by atoms with E-state index in [0.717, 1.165) is 25.2 Å². The molecule has 0 unspecified atom stereocenters. The number of nitrogens with one attached hydrogen (secondary N) is 2. The summed E-state index contributed by atoms with van der Waals surface area (Å²) in [6.45, 7) is 3.46. The smallest absolute Gasteiger partial charge is 0.257 e. The molecule has 104 valence electrons. The zero-order valence-electron chi connectivity index (χ0n) is 11.1. The van der Waals surface area contributed by atoms with Crippen molar-refractivity contribution in [3.05, 3.63) is 39.9 Å². The molecule has 3 N–H and O–H groups in total. The quantitative estimate of drug-likeness (QED) is 0.791. The van der Waals surface area contributed by atoms with Gasteiger partial charge in [0, 0.05) is 35.5 Å². The van der Waals surface area contributed by atoms with Crippen LogP contribution in [0.25, 0.3) is 0 Å². The number of hydrogen-bond acceptors (Lipinski definition) is 5. The van der Waals surface area contributed by atoms with E-state index >= 15 is 0 Å². The van der Waals surface area contributed by atoms with Crippen molar-refractivity contribution in [3.63, 3.8) is 0 Å². The summed E-state index contributed by atoms with van der Waals surface area (Å²) in [5, 5.41) is 16.4. The summed E-state index contributed by atoms with van der Waals surface area (Å²) in [5.41, 5.74) is 2.11. The Hall–Kier alpha value is -1.92. The Morgan fingerprint density at radius 1 is 1.50 bits per heavy atom. The first kappa shape index (κ1) is 13.1. The first-order valence-electron chi connectivity index (χ1n) is 6.44. The number of fused-ring (bicyclic) bond motifs is 1. The van der Waals surface area contributed by atoms with E-state index in [1.54, 1.807) is 25.1 Å². The molecule has 1 amide bonds. The lowest BCUT2D eigenvalue weighted by molar-refractivity contribution is 0.102. The summed E-state index contributed by atoms with van der Waals surface area (Å²) in [4.78, 5) is 17.9. The molecule has 6 heteroatoms. The van der Waals surface area contributed by atoms with Crippen LogP contribution in [-0.2, 0) is 13.0 Å². The van der Waals surface area contributed by atoms with E-state index in [9.17, 15) is 9.90 Å². The van der Waals surface area contributed by atoms with Gasteiger partial charge in [-0.2, -0.15) is 0 Å². The van der Waals surface area contributed by atoms with Crippen molar-refractivity contribution in [2.75, 3.05) is 11.9 Å². The first-order chi connectivity index (χ1) is 9.65. The van der Waals surface area contributed by atoms with Crippen LogP contribution in [0, 0.1) is 6.92 Å². The molecule has 0 saturated carbocycles. The number of thiazole rings is 1. The highest BCUT2D eigenvalue weighted by Crippen LogP contribution is 2.26. The Morgan fingerprint density at radius 2 is 2.35 bits per heavy atom. The fourth-order valence-electron chi connectivity index (χ4n) is 2.21. The molecule has 1 aliphatic rings. The van der Waals surface area contributed by atoms with Gasteiger partial charge in [0.05, 0.1) is 5.69 Å². The summed E-state index contributed by atoms with van der Waals surface area (Å²) in [6.07, 6.45) is 0.896. The summed E-state index contributed by atoms with van der Waals surface area (Å²) < 4.78 is 0. The minimum absolute atomic E-state index is 0.125. The third-order valence-electron chi connectivity index (χ3n) is 3.37. The lowest BCUT2D eigenvalue weighted by Crippen LogP contribution is -2.22. The fourth-order valence-corrected chi connectivity index (χ4v) is 3.19. The van der Waals surface area contributed by atoms with Gasteiger partial charge in [0.2, 0.25) is 0 Å². The number of amides is 1. The van der Waals surface area contributed by atoms with Gasteiger partial charge in [-0.25, -0.2) is 4.98 Å². The number of rotatable bonds is 2. The maximum atomic E-state index is 12.2. The molecule has 2 heterocycles. The molecule has 0 atom stereocenters. The summed E-state index contributed by atoms with van der Waals surface area (Å²) in [6, 6.07) is 4.92. The molecule has 0 radical (unpaired) electrons. The second kappa shape index (κ2) is 5.22. The summed E-state index contributed by atoms with van der Waals surface area (Å²) >= 11 is 1.50. The number of phenols is 1. The van der Waals surface area contributed by atoms with E-state index in [1.807, 2.05) is 0 Å². The molecule has 1 aromatic carbocycles. The molecule has 5 nitrogen and oxygen atoms in total. The lowest BCUT2D eigenvalue weighted by Gasteiger charge is -2.09. The molecular weight excluding hydrogens is 274 g/mol. The number of carbonyl (C=O) groups excluding carboxylic acids is 1. The molecule has 20 heavy (non-hydrogen) atoms. The first-order valence-corrected chi connectivity index (χ1v) is 7.26. The zero-order chi connectivity index (χ0) is 14.1. The highest BCUT2D eigenvalue weighted by Gasteiger charge is 2.17. The minimum Gasteiger partial charge on any atom is -0.508 e. The molecule has 1 aromatic heterocycles. The van der Waals surface area contributed by atoms with Crippen molar-refractivity contribution < 1.29 is 9.90 Å². The second-order valence-electron chi connectivity index (χ2n) is 4.72. The zero-order valence-corrected chi connectivity index (χ0v) is 11.9. The molecule has 1 aliphatic heterocycles. The largest absolute Gasteiger partial charge is 0.508 e. The van der Waals surface area contributed by atoms with Crippen LogP contribution in [0.4, 0.5) is 5.13 Å². The maximum Gasteiger partial charge on any atom is 0.257 e. The number of aromatic hydroxyl groups is 1. The average molecular weight is 289 g/mol. The van der Waals surface area contributed by atoms with Crippen molar-refractivity contribution in [2.24, 2.45) is 0 Å². The van der Waals surface area contributed by atoms with Gasteiger partial charge in [-0.3, -0.25) is 10.1 Å². The average Bonchev–Trinajstić information content (AvgIpc) is 2.83. The molecule has 2 aromatic rings. The Labute approximate surface area is 120 Å². The van der Waals surface area contributed by atoms with Gasteiger partial charge in [0.15, 0.2) is 5.13 Å². The highest BCUT2D eigenvalue weighted by atomic mass is 32.1. The molecule has 0 saturated heterocycles. The Bertz CT molecular complexity index is 643. The Kier molecular flexibility index (Phi) is 3.42. The van der Waals surface area contributed by atoms with Gasteiger partial charge in [-0.15, -0.1) is 11.3 Å². The van der Waals surface area contributed by atoms with Gasteiger partial charge in [0.1, 0.15) is 5.75 Å². The van der Waals surface area contributed by atoms with Crippen molar-refractivity contribution in [1.82, 2.24) is 10.3 Å². The third-order valence-corrected chi connectivity index (χ3v) is 4.39. The van der Waals surface area contributed by atoms with Crippen LogP contribution in [0.3, 0.4) is 0 Å². The van der Waals surface area contributed by atoms with Crippen molar-refractivity contribution in [3.8, 4) is 5.75 Å². The van der Waals surface area contributed by atoms with Crippen LogP contribution in [0.5, 0.6) is 5.75 Å². The number of anilines is 1. The van der Waals surface area contributed by atoms with E-state index in [1.165, 1.54) is 16.2 Å². The van der Waals surface area contributed by atoms with Crippen molar-refractivity contribution in [1.29, 1.82) is 0 Å². The van der Waals surface area contributed by atoms with Gasteiger partial charge in [-0.1, -0.05) is 6.07 Å². The number of carbonyl (C=O) groups is 1. The number of nitrogens with zero attached hydrogens (tertiary/aromatic N) is 1. The minimum atomic E-state index is -0.238. The third kappa shape index (κ3) is 2.39. The maximum absolute atomic E-state index is 12.2. The molecule has 0 aliphatic carbocycles. The molecule has 0 spiro atoms. The highest BCUT2D eigenvalue weighted by molar-refractivity contribution is 7.15. The van der Waals surface area contributed by atoms with Gasteiger partial charge in [-0.05, 0) is 19.1 Å². The van der Waals surface area contributed by atoms with E-state index in [-0.39, 0.29) is 11.7 Å². The SMILES string of the molecule is Cc1c(O)cccc1C(=O)Nc1nc2c(s1)CNCC2. The van der Waals surface area contributed by atoms with Crippen molar-refractivity contribution >= 4 is 22.4 Å². The predicted octanol–water partition coefficient (Wildman–Crippen LogP) is 2.06. The standard InChI is InChI=1S/C14H15N3O2S/c1-8-9(3-2-4-11(8)18)13(19)17-14-16-10-5-6-15-7-12(10)20-14/h2-4,15,18H,5-7H2,1H3,(H,16,17,19). The van der Waals surface area contributed by atoms with Crippen LogP contribution >= 0.6 is 11.3 Å². The van der Waals surface area contributed by atoms with Crippen molar-refractivity contribution in [2.45, 2.75) is 19.9 Å². The van der Waals surface area contributed by atoms with Crippen LogP contribution in [-0.4, -0.2) is 22.5 Å². The van der Waals surface area contributed by atoms with Crippen LogP contribution in [0.1, 0.15) is 26.5 Å². The number of phenolic OH excluding ortho intramolecular Hbond substituents is 1. The summed E-state index contributed by atoms with van der Waals surface area (Å²) in [5.74, 6) is -0.113. The van der Waals surface area contributed by atoms with Gasteiger partial charge < -0.3 is 10.4 Å². The molecule has 0 bridgehead atoms. The van der Waals surface area contributed by atoms with E-state index < -0.39 is 0 Å². The van der Waals surface area contributed by atoms with Gasteiger partial charge >= 0.3 is 0 Å². The van der Waals surface area contributed by atoms with E-state index in [4.69, 9.17) is 0 Å². The molecular formula is C14H15N3O2S. The number of aromatic nitrogens is 1. The Morgan fingerprint density at radius 3 is 3.15 bits per heavy atom. The van der Waals surface area contributed by atoms with E-state index in [0.29, 0.717) is 16.3 Å². The summed E-state index contributed by atoms with van der Waals surface area (Å²) in [7, 11) is 0. The predicted molar refractivity (Wildman–Crippen MR) is 78.3 cm³/mol. The van der Waals surface area contributed by atoms with Crippen LogP contribution < -0.4 is 10.6 Å². The molecule has 0 fully saturated rings. The lowest BCUT2D eigenvalue weighted by atomic mass is 10.1.